The van der Waals surface area contributed by atoms with Gasteiger partial charge in [-0.2, -0.15) is 0 Å². The molecule has 134 valence electrons. The van der Waals surface area contributed by atoms with Crippen LogP contribution in [0.25, 0.3) is 0 Å². The summed E-state index contributed by atoms with van der Waals surface area (Å²) < 4.78 is 0. The van der Waals surface area contributed by atoms with Gasteiger partial charge < -0.3 is 11.1 Å². The van der Waals surface area contributed by atoms with E-state index in [2.05, 4.69) is 16.4 Å². The van der Waals surface area contributed by atoms with Gasteiger partial charge in [-0.25, -0.2) is 0 Å². The lowest BCUT2D eigenvalue weighted by Gasteiger charge is -2.32. The highest BCUT2D eigenvalue weighted by molar-refractivity contribution is 5.93. The highest BCUT2D eigenvalue weighted by Gasteiger charge is 2.38. The lowest BCUT2D eigenvalue weighted by molar-refractivity contribution is -0.123. The summed E-state index contributed by atoms with van der Waals surface area (Å²) in [6, 6.07) is 11.8. The lowest BCUT2D eigenvalue weighted by atomic mass is 9.76. The van der Waals surface area contributed by atoms with Crippen molar-refractivity contribution in [3.05, 3.63) is 83.7 Å². The maximum atomic E-state index is 12.8. The Morgan fingerprint density at radius 1 is 1.31 bits per heavy atom. The zero-order chi connectivity index (χ0) is 18.4. The number of anilines is 1. The van der Waals surface area contributed by atoms with E-state index in [0.29, 0.717) is 13.0 Å². The molecule has 4 heteroatoms. The van der Waals surface area contributed by atoms with Crippen LogP contribution in [0.2, 0.25) is 0 Å². The summed E-state index contributed by atoms with van der Waals surface area (Å²) in [5.74, 6) is 0.0449. The number of nitrogens with two attached hydrogens (primary N) is 1. The van der Waals surface area contributed by atoms with Crippen molar-refractivity contribution in [3.63, 3.8) is 0 Å². The normalized spacial score (nSPS) is 15.8. The van der Waals surface area contributed by atoms with Crippen LogP contribution < -0.4 is 11.1 Å². The van der Waals surface area contributed by atoms with E-state index in [1.54, 1.807) is 6.20 Å². The standard InChI is InChI=1S/C22H25N3O/c1-2-21(26)22(23,18-9-4-3-5-10-18)19-11-6-12-20(14-19)25-16-17-8-7-13-24-15-17/h3-4,6-9,11-15,25H,2,5,10,16,23H2,1H3. The van der Waals surface area contributed by atoms with E-state index >= 15 is 0 Å². The van der Waals surface area contributed by atoms with Crippen molar-refractivity contribution in [2.45, 2.75) is 38.3 Å². The Hall–Kier alpha value is -2.72. The molecule has 0 radical (unpaired) electrons. The van der Waals surface area contributed by atoms with Crippen LogP contribution in [0.1, 0.15) is 37.3 Å². The molecule has 0 spiro atoms. The maximum absolute atomic E-state index is 12.8. The first-order valence-electron chi connectivity index (χ1n) is 9.06. The van der Waals surface area contributed by atoms with E-state index in [4.69, 9.17) is 5.73 Å². The number of hydrogen-bond acceptors (Lipinski definition) is 4. The van der Waals surface area contributed by atoms with E-state index in [-0.39, 0.29) is 5.78 Å². The number of allylic oxidation sites excluding steroid dienone is 3. The molecule has 4 nitrogen and oxygen atoms in total. The highest BCUT2D eigenvalue weighted by atomic mass is 16.1. The highest BCUT2D eigenvalue weighted by Crippen LogP contribution is 2.34. The molecule has 0 bridgehead atoms. The fraction of sp³-hybridized carbons (Fsp3) is 0.273. The van der Waals surface area contributed by atoms with Crippen molar-refractivity contribution in [1.29, 1.82) is 0 Å². The van der Waals surface area contributed by atoms with Gasteiger partial charge in [-0.3, -0.25) is 9.78 Å². The van der Waals surface area contributed by atoms with E-state index in [1.165, 1.54) is 0 Å². The predicted octanol–water partition coefficient (Wildman–Crippen LogP) is 4.10. The summed E-state index contributed by atoms with van der Waals surface area (Å²) in [5.41, 5.74) is 9.53. The molecule has 1 aliphatic carbocycles. The monoisotopic (exact) mass is 347 g/mol. The molecule has 0 fully saturated rings. The molecule has 1 heterocycles. The van der Waals surface area contributed by atoms with Crippen LogP contribution in [0.4, 0.5) is 5.69 Å². The van der Waals surface area contributed by atoms with Crippen LogP contribution in [-0.4, -0.2) is 10.8 Å². The number of nitrogens with one attached hydrogen (secondary N) is 1. The van der Waals surface area contributed by atoms with Gasteiger partial charge in [0.2, 0.25) is 0 Å². The first kappa shape index (κ1) is 18.1. The van der Waals surface area contributed by atoms with Crippen LogP contribution in [0.15, 0.2) is 72.6 Å². The zero-order valence-corrected chi connectivity index (χ0v) is 15.1. The number of rotatable bonds is 7. The number of Topliss-reactive ketones (excluding diaryl/α,β-unsaturated/α-hetero) is 1. The number of aromatic nitrogens is 1. The first-order valence-corrected chi connectivity index (χ1v) is 9.06. The third-order valence-corrected chi connectivity index (χ3v) is 4.82. The molecule has 2 aromatic rings. The molecule has 0 saturated carbocycles. The number of carbonyl (C=O) groups is 1. The zero-order valence-electron chi connectivity index (χ0n) is 15.1. The van der Waals surface area contributed by atoms with Crippen molar-refractivity contribution in [2.24, 2.45) is 5.73 Å². The number of carbonyl (C=O) groups excluding carboxylic acids is 1. The molecule has 26 heavy (non-hydrogen) atoms. The maximum Gasteiger partial charge on any atom is 0.161 e. The fourth-order valence-electron chi connectivity index (χ4n) is 3.32. The van der Waals surface area contributed by atoms with Gasteiger partial charge in [-0.1, -0.05) is 43.4 Å². The largest absolute Gasteiger partial charge is 0.381 e. The van der Waals surface area contributed by atoms with E-state index in [9.17, 15) is 4.79 Å². The predicted molar refractivity (Wildman–Crippen MR) is 106 cm³/mol. The molecule has 1 aliphatic rings. The Kier molecular flexibility index (Phi) is 5.64. The molecule has 1 aromatic carbocycles. The average Bonchev–Trinajstić information content (AvgIpc) is 2.72. The van der Waals surface area contributed by atoms with E-state index in [1.807, 2.05) is 61.7 Å². The molecule has 1 atom stereocenters. The summed E-state index contributed by atoms with van der Waals surface area (Å²) in [4.78, 5) is 16.9. The van der Waals surface area contributed by atoms with Gasteiger partial charge in [0.25, 0.3) is 0 Å². The van der Waals surface area contributed by atoms with Gasteiger partial charge in [0, 0.05) is 31.0 Å². The minimum Gasteiger partial charge on any atom is -0.381 e. The van der Waals surface area contributed by atoms with E-state index in [0.717, 1.165) is 35.2 Å². The van der Waals surface area contributed by atoms with Crippen LogP contribution in [0.5, 0.6) is 0 Å². The van der Waals surface area contributed by atoms with Crippen molar-refractivity contribution in [1.82, 2.24) is 4.98 Å². The van der Waals surface area contributed by atoms with Crippen molar-refractivity contribution >= 4 is 11.5 Å². The molecule has 0 amide bonds. The van der Waals surface area contributed by atoms with Crippen molar-refractivity contribution < 1.29 is 4.79 Å². The molecular formula is C22H25N3O. The van der Waals surface area contributed by atoms with E-state index < -0.39 is 5.54 Å². The summed E-state index contributed by atoms with van der Waals surface area (Å²) in [6.45, 7) is 2.54. The second kappa shape index (κ2) is 8.11. The quantitative estimate of drug-likeness (QED) is 0.791. The molecule has 0 aliphatic heterocycles. The van der Waals surface area contributed by atoms with Gasteiger partial charge in [-0.05, 0) is 47.7 Å². The SMILES string of the molecule is CCC(=O)C(N)(C1=CC=CCC1)c1cccc(NCc2cccnc2)c1. The number of nitrogens with zero attached hydrogens (tertiary/aromatic N) is 1. The van der Waals surface area contributed by atoms with Crippen molar-refractivity contribution in [2.75, 3.05) is 5.32 Å². The molecule has 3 N–H and O–H groups in total. The lowest BCUT2D eigenvalue weighted by Crippen LogP contribution is -2.46. The second-order valence-electron chi connectivity index (χ2n) is 6.54. The summed E-state index contributed by atoms with van der Waals surface area (Å²) >= 11 is 0. The minimum absolute atomic E-state index is 0.0449. The molecule has 3 rings (SSSR count). The molecular weight excluding hydrogens is 322 g/mol. The Labute approximate surface area is 154 Å². The smallest absolute Gasteiger partial charge is 0.161 e. The summed E-state index contributed by atoms with van der Waals surface area (Å²) in [6.07, 6.45) is 11.8. The van der Waals surface area contributed by atoms with Gasteiger partial charge in [-0.15, -0.1) is 0 Å². The number of hydrogen-bond donors (Lipinski definition) is 2. The van der Waals surface area contributed by atoms with Gasteiger partial charge in [0.05, 0.1) is 0 Å². The Morgan fingerprint density at radius 3 is 2.88 bits per heavy atom. The minimum atomic E-state index is -1.06. The summed E-state index contributed by atoms with van der Waals surface area (Å²) in [7, 11) is 0. The van der Waals surface area contributed by atoms with Crippen molar-refractivity contribution in [3.8, 4) is 0 Å². The number of pyridine rings is 1. The van der Waals surface area contributed by atoms with Gasteiger partial charge in [0.15, 0.2) is 5.78 Å². The van der Waals surface area contributed by atoms with Gasteiger partial charge in [0.1, 0.15) is 5.54 Å². The fourth-order valence-corrected chi connectivity index (χ4v) is 3.32. The molecule has 0 saturated heterocycles. The van der Waals surface area contributed by atoms with Crippen LogP contribution >= 0.6 is 0 Å². The summed E-state index contributed by atoms with van der Waals surface area (Å²) in [5, 5.41) is 3.39. The Bertz CT molecular complexity index is 826. The number of ketones is 1. The topological polar surface area (TPSA) is 68.0 Å². The molecule has 1 aromatic heterocycles. The van der Waals surface area contributed by atoms with Crippen LogP contribution in [0, 0.1) is 0 Å². The number of benzene rings is 1. The average molecular weight is 347 g/mol. The third kappa shape index (κ3) is 3.75. The second-order valence-corrected chi connectivity index (χ2v) is 6.54. The Balaban J connectivity index is 1.89. The van der Waals surface area contributed by atoms with Crippen LogP contribution in [0.3, 0.4) is 0 Å². The third-order valence-electron chi connectivity index (χ3n) is 4.82. The van der Waals surface area contributed by atoms with Gasteiger partial charge >= 0.3 is 0 Å². The molecule has 1 unspecified atom stereocenters. The van der Waals surface area contributed by atoms with Crippen LogP contribution in [-0.2, 0) is 16.9 Å². The Morgan fingerprint density at radius 2 is 2.19 bits per heavy atom. The first-order chi connectivity index (χ1) is 12.6.